The molecule has 3 atom stereocenters. The largest absolute Gasteiger partial charge is 0.493 e. The minimum Gasteiger partial charge on any atom is -0.493 e. The van der Waals surface area contributed by atoms with E-state index >= 15 is 4.39 Å². The molecule has 0 spiro atoms. The number of pyridine rings is 1. The van der Waals surface area contributed by atoms with E-state index in [-0.39, 0.29) is 23.7 Å². The van der Waals surface area contributed by atoms with Gasteiger partial charge >= 0.3 is 5.97 Å². The van der Waals surface area contributed by atoms with E-state index in [1.165, 1.54) is 0 Å². The van der Waals surface area contributed by atoms with Gasteiger partial charge in [0.15, 0.2) is 0 Å². The van der Waals surface area contributed by atoms with E-state index in [1.807, 2.05) is 44.2 Å². The highest BCUT2D eigenvalue weighted by Crippen LogP contribution is 2.48. The number of rotatable bonds is 9. The van der Waals surface area contributed by atoms with Crippen LogP contribution in [0.1, 0.15) is 72.9 Å². The molecule has 38 heavy (non-hydrogen) atoms. The third-order valence-corrected chi connectivity index (χ3v) is 7.74. The van der Waals surface area contributed by atoms with Gasteiger partial charge in [0.1, 0.15) is 17.4 Å². The summed E-state index contributed by atoms with van der Waals surface area (Å²) < 4.78 is 21.1. The number of carboxylic acids is 1. The highest BCUT2D eigenvalue weighted by molar-refractivity contribution is 5.77. The summed E-state index contributed by atoms with van der Waals surface area (Å²) in [6.45, 7) is 8.06. The van der Waals surface area contributed by atoms with Crippen LogP contribution in [0.5, 0.6) is 5.75 Å². The molecular weight excluding hydrogens is 483 g/mol. The molecular formula is C31H35FN2O4. The molecule has 1 heterocycles. The van der Waals surface area contributed by atoms with Crippen molar-refractivity contribution in [1.82, 2.24) is 4.98 Å². The number of ether oxygens (including phenoxy) is 1. The topological polar surface area (TPSA) is 91.7 Å². The molecule has 3 aromatic rings. The van der Waals surface area contributed by atoms with Gasteiger partial charge in [-0.3, -0.25) is 4.79 Å². The first-order valence-electron chi connectivity index (χ1n) is 13.2. The number of hydrogen-bond donors (Lipinski definition) is 3. The zero-order valence-corrected chi connectivity index (χ0v) is 22.3. The Kier molecular flexibility index (Phi) is 6.90. The zero-order valence-electron chi connectivity index (χ0n) is 22.3. The number of carbonyl (C=O) groups is 1. The quantitative estimate of drug-likeness (QED) is 0.307. The Labute approximate surface area is 222 Å². The summed E-state index contributed by atoms with van der Waals surface area (Å²) in [7, 11) is 0. The number of aryl methyl sites for hydroxylation is 2. The van der Waals surface area contributed by atoms with Gasteiger partial charge in [-0.25, -0.2) is 9.37 Å². The van der Waals surface area contributed by atoms with Gasteiger partial charge in [-0.05, 0) is 111 Å². The van der Waals surface area contributed by atoms with Crippen LogP contribution in [0.3, 0.4) is 0 Å². The van der Waals surface area contributed by atoms with Crippen LogP contribution in [-0.4, -0.2) is 33.4 Å². The fourth-order valence-electron chi connectivity index (χ4n) is 5.67. The average Bonchev–Trinajstić information content (AvgIpc) is 3.54. The van der Waals surface area contributed by atoms with E-state index in [2.05, 4.69) is 10.3 Å². The highest BCUT2D eigenvalue weighted by Gasteiger charge is 2.44. The van der Waals surface area contributed by atoms with Crippen molar-refractivity contribution in [3.63, 3.8) is 0 Å². The van der Waals surface area contributed by atoms with Crippen molar-refractivity contribution >= 4 is 11.8 Å². The summed E-state index contributed by atoms with van der Waals surface area (Å²) in [6, 6.07) is 11.0. The van der Waals surface area contributed by atoms with Crippen LogP contribution >= 0.6 is 0 Å². The lowest BCUT2D eigenvalue weighted by Gasteiger charge is -2.20. The third kappa shape index (κ3) is 5.39. The fourth-order valence-corrected chi connectivity index (χ4v) is 5.67. The number of halogens is 1. The molecule has 0 aliphatic heterocycles. The monoisotopic (exact) mass is 518 g/mol. The lowest BCUT2D eigenvalue weighted by Crippen LogP contribution is -2.21. The van der Waals surface area contributed by atoms with Gasteiger partial charge in [0.25, 0.3) is 0 Å². The van der Waals surface area contributed by atoms with E-state index in [1.54, 1.807) is 26.1 Å². The number of benzene rings is 2. The maximum atomic E-state index is 15.2. The van der Waals surface area contributed by atoms with Gasteiger partial charge in [-0.1, -0.05) is 12.1 Å². The van der Waals surface area contributed by atoms with Gasteiger partial charge in [0.05, 0.1) is 24.2 Å². The molecule has 0 radical (unpaired) electrons. The van der Waals surface area contributed by atoms with E-state index < -0.39 is 11.6 Å². The second-order valence-corrected chi connectivity index (χ2v) is 11.3. The predicted octanol–water partition coefficient (Wildman–Crippen LogP) is 6.33. The number of nitrogens with zero attached hydrogens (tertiary/aromatic N) is 1. The van der Waals surface area contributed by atoms with Crippen LogP contribution in [-0.2, 0) is 11.2 Å². The molecule has 2 aliphatic carbocycles. The maximum Gasteiger partial charge on any atom is 0.307 e. The van der Waals surface area contributed by atoms with E-state index in [0.717, 1.165) is 52.0 Å². The van der Waals surface area contributed by atoms with E-state index in [4.69, 9.17) is 4.74 Å². The first-order valence-corrected chi connectivity index (χ1v) is 13.2. The highest BCUT2D eigenvalue weighted by atomic mass is 19.1. The van der Waals surface area contributed by atoms with Gasteiger partial charge in [0, 0.05) is 18.2 Å². The second kappa shape index (κ2) is 10.0. The molecule has 1 saturated carbocycles. The summed E-state index contributed by atoms with van der Waals surface area (Å²) in [4.78, 5) is 15.7. The number of hydrogen-bond acceptors (Lipinski definition) is 5. The summed E-state index contributed by atoms with van der Waals surface area (Å²) in [5.41, 5.74) is 6.12. The Hall–Kier alpha value is -3.45. The SMILES string of the molecule is Cc1cc(OCCC(C)(C)O)cc(C)c1-c1ccc(F)c2c1CC[C@H]2Nc1ccc(C2C[C@H]2C(=O)O)cn1. The maximum absolute atomic E-state index is 15.2. The molecule has 2 aromatic carbocycles. The van der Waals surface area contributed by atoms with E-state index in [9.17, 15) is 15.0 Å². The molecule has 1 unspecified atom stereocenters. The van der Waals surface area contributed by atoms with Crippen LogP contribution in [0, 0.1) is 25.6 Å². The van der Waals surface area contributed by atoms with Crippen LogP contribution in [0.4, 0.5) is 10.2 Å². The number of carboxylic acid groups (broad SMARTS) is 1. The first-order chi connectivity index (χ1) is 18.0. The van der Waals surface area contributed by atoms with Crippen molar-refractivity contribution in [2.24, 2.45) is 5.92 Å². The van der Waals surface area contributed by atoms with Gasteiger partial charge in [0.2, 0.25) is 0 Å². The molecule has 7 heteroatoms. The molecule has 1 aromatic heterocycles. The molecule has 0 amide bonds. The summed E-state index contributed by atoms with van der Waals surface area (Å²) >= 11 is 0. The van der Waals surface area contributed by atoms with Crippen molar-refractivity contribution in [3.05, 3.63) is 76.2 Å². The summed E-state index contributed by atoms with van der Waals surface area (Å²) in [5.74, 6) is 0.158. The minimum absolute atomic E-state index is 0.0334. The van der Waals surface area contributed by atoms with Crippen molar-refractivity contribution in [2.45, 2.75) is 70.9 Å². The molecule has 200 valence electrons. The van der Waals surface area contributed by atoms with Crippen molar-refractivity contribution in [2.75, 3.05) is 11.9 Å². The molecule has 2 aliphatic rings. The Balaban J connectivity index is 1.36. The molecule has 5 rings (SSSR count). The molecule has 6 nitrogen and oxygen atoms in total. The van der Waals surface area contributed by atoms with Crippen LogP contribution < -0.4 is 10.1 Å². The Morgan fingerprint density at radius 1 is 1.18 bits per heavy atom. The predicted molar refractivity (Wildman–Crippen MR) is 145 cm³/mol. The smallest absolute Gasteiger partial charge is 0.307 e. The van der Waals surface area contributed by atoms with Crippen molar-refractivity contribution in [1.29, 1.82) is 0 Å². The Morgan fingerprint density at radius 3 is 2.53 bits per heavy atom. The van der Waals surface area contributed by atoms with E-state index in [0.29, 0.717) is 30.8 Å². The molecule has 3 N–H and O–H groups in total. The zero-order chi connectivity index (χ0) is 27.2. The summed E-state index contributed by atoms with van der Waals surface area (Å²) in [6.07, 6.45) is 4.43. The minimum atomic E-state index is -0.776. The van der Waals surface area contributed by atoms with Crippen LogP contribution in [0.15, 0.2) is 42.6 Å². The van der Waals surface area contributed by atoms with Gasteiger partial charge in [-0.2, -0.15) is 0 Å². The lowest BCUT2D eigenvalue weighted by molar-refractivity contribution is -0.138. The lowest BCUT2D eigenvalue weighted by atomic mass is 9.90. The van der Waals surface area contributed by atoms with Crippen molar-refractivity contribution < 1.29 is 24.1 Å². The van der Waals surface area contributed by atoms with Gasteiger partial charge < -0.3 is 20.3 Å². The molecule has 0 bridgehead atoms. The fraction of sp³-hybridized carbons (Fsp3) is 0.419. The number of nitrogens with one attached hydrogen (secondary N) is 1. The molecule has 0 saturated heterocycles. The third-order valence-electron chi connectivity index (χ3n) is 7.74. The summed E-state index contributed by atoms with van der Waals surface area (Å²) in [5, 5.41) is 22.5. The first kappa shape index (κ1) is 26.2. The molecule has 1 fully saturated rings. The van der Waals surface area contributed by atoms with Crippen LogP contribution in [0.2, 0.25) is 0 Å². The average molecular weight is 519 g/mol. The Morgan fingerprint density at radius 2 is 1.92 bits per heavy atom. The standard InChI is InChI=1S/C31H35FN2O4/c1-17-13-20(38-12-11-31(3,4)37)14-18(2)28(17)21-6-8-25(32)29-22(21)7-9-26(29)34-27-10-5-19(16-33-27)23-15-24(23)30(35)36/h5-6,8,10,13-14,16,23-24,26,37H,7,9,11-12,15H2,1-4H3,(H,33,34)(H,35,36)/t23?,24-,26-/m1/s1. The Bertz CT molecular complexity index is 1340. The second-order valence-electron chi connectivity index (χ2n) is 11.3. The van der Waals surface area contributed by atoms with Crippen LogP contribution in [0.25, 0.3) is 11.1 Å². The number of aliphatic carboxylic acids is 1. The van der Waals surface area contributed by atoms with Gasteiger partial charge in [-0.15, -0.1) is 0 Å². The number of aliphatic hydroxyl groups is 1. The number of anilines is 1. The number of fused-ring (bicyclic) bond motifs is 1. The number of aromatic nitrogens is 1. The van der Waals surface area contributed by atoms with Crippen molar-refractivity contribution in [3.8, 4) is 16.9 Å². The normalized spacial score (nSPS) is 20.2.